The molecule has 0 radical (unpaired) electrons. The fourth-order valence-electron chi connectivity index (χ4n) is 2.38. The van der Waals surface area contributed by atoms with Crippen LogP contribution in [0.3, 0.4) is 0 Å². The van der Waals surface area contributed by atoms with Gasteiger partial charge in [-0.2, -0.15) is 0 Å². The number of aliphatic hydroxyl groups is 1. The summed E-state index contributed by atoms with van der Waals surface area (Å²) in [6.07, 6.45) is 3.32. The topological polar surface area (TPSA) is 49.5 Å². The van der Waals surface area contributed by atoms with Crippen molar-refractivity contribution in [3.63, 3.8) is 0 Å². The number of rotatable bonds is 7. The molecule has 1 atom stereocenters. The fourth-order valence-corrected chi connectivity index (χ4v) is 2.38. The molecule has 1 unspecified atom stereocenters. The zero-order chi connectivity index (χ0) is 13.8. The largest absolute Gasteiger partial charge is 0.399 e. The highest BCUT2D eigenvalue weighted by Crippen LogP contribution is 2.29. The Bertz CT molecular complexity index is 401. The summed E-state index contributed by atoms with van der Waals surface area (Å²) in [5.41, 5.74) is 7.42. The van der Waals surface area contributed by atoms with Gasteiger partial charge in [-0.15, -0.1) is 0 Å². The molecule has 0 heterocycles. The predicted octanol–water partition coefficient (Wildman–Crippen LogP) is 2.81. The zero-order valence-corrected chi connectivity index (χ0v) is 12.0. The highest BCUT2D eigenvalue weighted by Gasteiger charge is 2.30. The lowest BCUT2D eigenvalue weighted by Gasteiger charge is -2.26. The van der Waals surface area contributed by atoms with Crippen LogP contribution in [0.5, 0.6) is 0 Å². The first-order valence-electron chi connectivity index (χ1n) is 7.34. The van der Waals surface area contributed by atoms with Crippen molar-refractivity contribution in [2.24, 2.45) is 5.92 Å². The van der Waals surface area contributed by atoms with E-state index < -0.39 is 6.10 Å². The molecule has 0 amide bonds. The van der Waals surface area contributed by atoms with Crippen molar-refractivity contribution in [2.45, 2.75) is 45.3 Å². The number of benzene rings is 1. The molecular formula is C16H26N2O. The minimum Gasteiger partial charge on any atom is -0.399 e. The van der Waals surface area contributed by atoms with Gasteiger partial charge < -0.3 is 10.8 Å². The molecule has 3 heteroatoms. The quantitative estimate of drug-likeness (QED) is 0.743. The van der Waals surface area contributed by atoms with Gasteiger partial charge in [-0.25, -0.2) is 0 Å². The summed E-state index contributed by atoms with van der Waals surface area (Å²) in [5, 5.41) is 10.4. The van der Waals surface area contributed by atoms with E-state index in [4.69, 9.17) is 5.73 Å². The molecule has 0 bridgehead atoms. The molecule has 106 valence electrons. The molecule has 0 spiro atoms. The Morgan fingerprint density at radius 2 is 2.11 bits per heavy atom. The highest BCUT2D eigenvalue weighted by molar-refractivity contribution is 5.41. The maximum absolute atomic E-state index is 10.4. The van der Waals surface area contributed by atoms with Crippen molar-refractivity contribution in [2.75, 3.05) is 18.8 Å². The third-order valence-corrected chi connectivity index (χ3v) is 3.76. The Morgan fingerprint density at radius 3 is 2.68 bits per heavy atom. The van der Waals surface area contributed by atoms with Crippen molar-refractivity contribution in [3.8, 4) is 0 Å². The zero-order valence-electron chi connectivity index (χ0n) is 12.0. The van der Waals surface area contributed by atoms with Crippen molar-refractivity contribution in [1.29, 1.82) is 0 Å². The number of nitrogen functional groups attached to an aromatic ring is 1. The number of hydrogen-bond acceptors (Lipinski definition) is 3. The smallest absolute Gasteiger partial charge is 0.0917 e. The molecule has 3 nitrogen and oxygen atoms in total. The Kier molecular flexibility index (Phi) is 4.83. The average molecular weight is 262 g/mol. The first-order valence-corrected chi connectivity index (χ1v) is 7.34. The van der Waals surface area contributed by atoms with E-state index in [2.05, 4.69) is 18.7 Å². The molecule has 1 saturated carbocycles. The molecule has 0 saturated heterocycles. The van der Waals surface area contributed by atoms with Crippen molar-refractivity contribution in [1.82, 2.24) is 4.90 Å². The molecule has 1 aliphatic rings. The Morgan fingerprint density at radius 1 is 1.37 bits per heavy atom. The maximum atomic E-state index is 10.4. The number of anilines is 1. The van der Waals surface area contributed by atoms with Crippen LogP contribution in [0.25, 0.3) is 0 Å². The number of nitrogens with two attached hydrogens (primary N) is 1. The monoisotopic (exact) mass is 262 g/mol. The van der Waals surface area contributed by atoms with E-state index in [1.165, 1.54) is 19.3 Å². The fraction of sp³-hybridized carbons (Fsp3) is 0.625. The predicted molar refractivity (Wildman–Crippen MR) is 79.9 cm³/mol. The third kappa shape index (κ3) is 4.51. The summed E-state index contributed by atoms with van der Waals surface area (Å²) < 4.78 is 0. The van der Waals surface area contributed by atoms with Gasteiger partial charge in [-0.1, -0.05) is 26.0 Å². The van der Waals surface area contributed by atoms with E-state index in [0.29, 0.717) is 12.0 Å². The lowest BCUT2D eigenvalue weighted by molar-refractivity contribution is 0.105. The van der Waals surface area contributed by atoms with Gasteiger partial charge in [-0.05, 0) is 49.4 Å². The SMILES string of the molecule is CC(C)CCN(CC(O)c1cccc(N)c1)C1CC1. The molecule has 3 N–H and O–H groups in total. The standard InChI is InChI=1S/C16H26N2O/c1-12(2)8-9-18(15-6-7-15)11-16(19)13-4-3-5-14(17)10-13/h3-5,10,12,15-16,19H,6-9,11,17H2,1-2H3. The van der Waals surface area contributed by atoms with E-state index >= 15 is 0 Å². The Hall–Kier alpha value is -1.06. The molecule has 1 fully saturated rings. The molecule has 1 aromatic carbocycles. The molecule has 0 aliphatic heterocycles. The van der Waals surface area contributed by atoms with Crippen molar-refractivity contribution >= 4 is 5.69 Å². The summed E-state index contributed by atoms with van der Waals surface area (Å²) in [4.78, 5) is 2.44. The number of aliphatic hydroxyl groups excluding tert-OH is 1. The van der Waals surface area contributed by atoms with Crippen molar-refractivity contribution in [3.05, 3.63) is 29.8 Å². The molecular weight excluding hydrogens is 236 g/mol. The van der Waals surface area contributed by atoms with E-state index in [1.54, 1.807) is 0 Å². The van der Waals surface area contributed by atoms with Gasteiger partial charge in [0.15, 0.2) is 0 Å². The maximum Gasteiger partial charge on any atom is 0.0917 e. The van der Waals surface area contributed by atoms with E-state index in [-0.39, 0.29) is 0 Å². The van der Waals surface area contributed by atoms with Gasteiger partial charge >= 0.3 is 0 Å². The molecule has 0 aromatic heterocycles. The Balaban J connectivity index is 1.92. The second kappa shape index (κ2) is 6.40. The minimum atomic E-state index is -0.434. The van der Waals surface area contributed by atoms with Crippen LogP contribution in [0.15, 0.2) is 24.3 Å². The van der Waals surface area contributed by atoms with Gasteiger partial charge in [0.1, 0.15) is 0 Å². The Labute approximate surface area is 116 Å². The van der Waals surface area contributed by atoms with Gasteiger partial charge in [0, 0.05) is 18.3 Å². The van der Waals surface area contributed by atoms with Gasteiger partial charge in [-0.3, -0.25) is 4.90 Å². The van der Waals surface area contributed by atoms with E-state index in [1.807, 2.05) is 24.3 Å². The van der Waals surface area contributed by atoms with Crippen LogP contribution in [-0.2, 0) is 0 Å². The second-order valence-corrected chi connectivity index (χ2v) is 6.09. The third-order valence-electron chi connectivity index (χ3n) is 3.76. The van der Waals surface area contributed by atoms with Gasteiger partial charge in [0.25, 0.3) is 0 Å². The first kappa shape index (κ1) is 14.4. The number of hydrogen-bond donors (Lipinski definition) is 2. The number of nitrogens with zero attached hydrogens (tertiary/aromatic N) is 1. The van der Waals surface area contributed by atoms with Gasteiger partial charge in [0.05, 0.1) is 6.10 Å². The van der Waals surface area contributed by atoms with E-state index in [0.717, 1.165) is 24.3 Å². The summed E-state index contributed by atoms with van der Waals surface area (Å²) in [6, 6.07) is 8.28. The van der Waals surface area contributed by atoms with Crippen LogP contribution in [0, 0.1) is 5.92 Å². The van der Waals surface area contributed by atoms with E-state index in [9.17, 15) is 5.11 Å². The lowest BCUT2D eigenvalue weighted by atomic mass is 10.1. The first-order chi connectivity index (χ1) is 9.06. The van der Waals surface area contributed by atoms with Crippen LogP contribution in [0.2, 0.25) is 0 Å². The van der Waals surface area contributed by atoms with Crippen molar-refractivity contribution < 1.29 is 5.11 Å². The van der Waals surface area contributed by atoms with Crippen LogP contribution < -0.4 is 5.73 Å². The van der Waals surface area contributed by atoms with Crippen LogP contribution >= 0.6 is 0 Å². The van der Waals surface area contributed by atoms with Gasteiger partial charge in [0.2, 0.25) is 0 Å². The van der Waals surface area contributed by atoms with Crippen LogP contribution in [0.1, 0.15) is 44.8 Å². The molecule has 2 rings (SSSR count). The normalized spacial score (nSPS) is 17.1. The van der Waals surface area contributed by atoms with Crippen LogP contribution in [-0.4, -0.2) is 29.1 Å². The molecule has 1 aromatic rings. The minimum absolute atomic E-state index is 0.434. The lowest BCUT2D eigenvalue weighted by Crippen LogP contribution is -2.32. The molecule has 1 aliphatic carbocycles. The summed E-state index contributed by atoms with van der Waals surface area (Å²) in [7, 11) is 0. The second-order valence-electron chi connectivity index (χ2n) is 6.09. The van der Waals surface area contributed by atoms with Crippen LogP contribution in [0.4, 0.5) is 5.69 Å². The molecule has 19 heavy (non-hydrogen) atoms. The average Bonchev–Trinajstić information content (AvgIpc) is 3.18. The summed E-state index contributed by atoms with van der Waals surface area (Å²) in [5.74, 6) is 0.714. The highest BCUT2D eigenvalue weighted by atomic mass is 16.3. The summed E-state index contributed by atoms with van der Waals surface area (Å²) in [6.45, 7) is 6.31. The summed E-state index contributed by atoms with van der Waals surface area (Å²) >= 11 is 0.